The number of rotatable bonds is 2. The maximum atomic E-state index is 13.1. The molecule has 0 aliphatic heterocycles. The van der Waals surface area contributed by atoms with Crippen LogP contribution in [0.3, 0.4) is 0 Å². The predicted molar refractivity (Wildman–Crippen MR) is 43.4 cm³/mol. The van der Waals surface area contributed by atoms with Crippen LogP contribution in [0.15, 0.2) is 10.7 Å². The minimum Gasteiger partial charge on any atom is -0.492 e. The van der Waals surface area contributed by atoms with Crippen LogP contribution in [0.1, 0.15) is 12.1 Å². The first kappa shape index (κ1) is 10.3. The molecule has 0 saturated carbocycles. The average molecular weight is 256 g/mol. The van der Waals surface area contributed by atoms with E-state index in [2.05, 4.69) is 25.7 Å². The Balaban J connectivity index is 3.23. The number of hydrogen-bond donors (Lipinski definition) is 0. The monoisotopic (exact) mass is 255 g/mol. The molecule has 2 nitrogen and oxygen atoms in total. The summed E-state index contributed by atoms with van der Waals surface area (Å²) in [4.78, 5) is 3.35. The van der Waals surface area contributed by atoms with Crippen molar-refractivity contribution in [2.24, 2.45) is 0 Å². The number of nitrogens with zero attached hydrogens (tertiary/aromatic N) is 1. The Hall–Kier alpha value is -0.780. The van der Waals surface area contributed by atoms with Crippen LogP contribution < -0.4 is 4.74 Å². The van der Waals surface area contributed by atoms with Crippen molar-refractivity contribution in [1.82, 2.24) is 4.98 Å². The van der Waals surface area contributed by atoms with Crippen LogP contribution >= 0.6 is 15.9 Å². The second-order valence-electron chi connectivity index (χ2n) is 2.14. The van der Waals surface area contributed by atoms with Gasteiger partial charge in [0.2, 0.25) is 0 Å². The van der Waals surface area contributed by atoms with Crippen LogP contribution in [-0.2, 0) is 0 Å². The van der Waals surface area contributed by atoms with Gasteiger partial charge in [-0.25, -0.2) is 18.2 Å². The second kappa shape index (κ2) is 3.95. The lowest BCUT2D eigenvalue weighted by molar-refractivity contribution is 0.144. The van der Waals surface area contributed by atoms with Gasteiger partial charge in [-0.2, -0.15) is 0 Å². The maximum absolute atomic E-state index is 13.1. The molecule has 1 heterocycles. The molecular formula is C7H5BrF3NO. The van der Waals surface area contributed by atoms with Gasteiger partial charge in [0, 0.05) is 0 Å². The number of aromatic nitrogens is 1. The summed E-state index contributed by atoms with van der Waals surface area (Å²) in [5.74, 6) is -1.04. The zero-order valence-corrected chi connectivity index (χ0v) is 8.11. The van der Waals surface area contributed by atoms with Gasteiger partial charge in [0.05, 0.1) is 17.8 Å². The zero-order chi connectivity index (χ0) is 10.0. The van der Waals surface area contributed by atoms with Crippen LogP contribution in [0.2, 0.25) is 0 Å². The molecule has 0 atom stereocenters. The lowest BCUT2D eigenvalue weighted by Crippen LogP contribution is -1.97. The second-order valence-corrected chi connectivity index (χ2v) is 2.93. The van der Waals surface area contributed by atoms with Crippen molar-refractivity contribution in [3.05, 3.63) is 22.2 Å². The molecule has 0 saturated heterocycles. The van der Waals surface area contributed by atoms with Gasteiger partial charge in [0.15, 0.2) is 11.6 Å². The van der Waals surface area contributed by atoms with E-state index in [1.54, 1.807) is 0 Å². The summed E-state index contributed by atoms with van der Waals surface area (Å²) in [5, 5.41) is 0. The molecule has 13 heavy (non-hydrogen) atoms. The zero-order valence-electron chi connectivity index (χ0n) is 6.52. The number of methoxy groups -OCH3 is 1. The Morgan fingerprint density at radius 2 is 2.15 bits per heavy atom. The van der Waals surface area contributed by atoms with Crippen molar-refractivity contribution in [2.45, 2.75) is 6.43 Å². The van der Waals surface area contributed by atoms with Gasteiger partial charge in [0.1, 0.15) is 5.69 Å². The molecular weight excluding hydrogens is 251 g/mol. The van der Waals surface area contributed by atoms with Crippen LogP contribution in [0.5, 0.6) is 5.75 Å². The first-order valence-corrected chi connectivity index (χ1v) is 4.03. The van der Waals surface area contributed by atoms with Gasteiger partial charge < -0.3 is 4.74 Å². The minimum atomic E-state index is -2.81. The summed E-state index contributed by atoms with van der Waals surface area (Å²) < 4.78 is 41.6. The van der Waals surface area contributed by atoms with E-state index in [0.29, 0.717) is 0 Å². The molecule has 1 aromatic heterocycles. The molecule has 1 aromatic rings. The third kappa shape index (κ3) is 1.93. The quantitative estimate of drug-likeness (QED) is 0.811. The lowest BCUT2D eigenvalue weighted by atomic mass is 10.3. The van der Waals surface area contributed by atoms with Gasteiger partial charge in [0.25, 0.3) is 6.43 Å². The molecule has 0 N–H and O–H groups in total. The normalized spacial score (nSPS) is 10.6. The fourth-order valence-electron chi connectivity index (χ4n) is 0.757. The van der Waals surface area contributed by atoms with Crippen molar-refractivity contribution >= 4 is 15.9 Å². The summed E-state index contributed by atoms with van der Waals surface area (Å²) in [5.41, 5.74) is -0.627. The average Bonchev–Trinajstić information content (AvgIpc) is 2.09. The molecule has 0 aliphatic rings. The Bertz CT molecular complexity index is 319. The Morgan fingerprint density at radius 1 is 1.54 bits per heavy atom. The molecule has 0 radical (unpaired) electrons. The first-order chi connectivity index (χ1) is 6.07. The molecule has 0 aromatic carbocycles. The number of halogens is 4. The highest BCUT2D eigenvalue weighted by Gasteiger charge is 2.19. The number of ether oxygens (including phenoxy) is 1. The van der Waals surface area contributed by atoms with E-state index < -0.39 is 17.9 Å². The van der Waals surface area contributed by atoms with E-state index in [1.165, 1.54) is 7.11 Å². The third-order valence-corrected chi connectivity index (χ3v) is 2.14. The highest BCUT2D eigenvalue weighted by molar-refractivity contribution is 9.10. The van der Waals surface area contributed by atoms with E-state index in [9.17, 15) is 13.2 Å². The Labute approximate surface area is 80.9 Å². The minimum absolute atomic E-state index is 0.170. The topological polar surface area (TPSA) is 22.1 Å². The van der Waals surface area contributed by atoms with E-state index in [4.69, 9.17) is 0 Å². The fourth-order valence-corrected chi connectivity index (χ4v) is 1.23. The molecule has 0 fully saturated rings. The molecule has 0 unspecified atom stereocenters. The third-order valence-electron chi connectivity index (χ3n) is 1.38. The molecule has 0 spiro atoms. The van der Waals surface area contributed by atoms with Gasteiger partial charge >= 0.3 is 0 Å². The van der Waals surface area contributed by atoms with Crippen molar-refractivity contribution in [3.63, 3.8) is 0 Å². The first-order valence-electron chi connectivity index (χ1n) is 3.24. The maximum Gasteiger partial charge on any atom is 0.281 e. The Kier molecular flexibility index (Phi) is 3.13. The van der Waals surface area contributed by atoms with Gasteiger partial charge in [-0.3, -0.25) is 0 Å². The number of alkyl halides is 2. The summed E-state index contributed by atoms with van der Waals surface area (Å²) in [6, 6.07) is 0. The van der Waals surface area contributed by atoms with Crippen LogP contribution in [-0.4, -0.2) is 12.1 Å². The standard InChI is InChI=1S/C7H5BrF3NO/c1-13-3-2-12-6(7(10)11)4(8)5(3)9/h2,7H,1H3. The fraction of sp³-hybridized carbons (Fsp3) is 0.286. The molecule has 1 rings (SSSR count). The van der Waals surface area contributed by atoms with E-state index in [0.717, 1.165) is 6.20 Å². The molecule has 0 bridgehead atoms. The predicted octanol–water partition coefficient (Wildman–Crippen LogP) is 2.93. The largest absolute Gasteiger partial charge is 0.492 e. The summed E-state index contributed by atoms with van der Waals surface area (Å²) >= 11 is 2.67. The number of pyridine rings is 1. The number of hydrogen-bond acceptors (Lipinski definition) is 2. The van der Waals surface area contributed by atoms with Gasteiger partial charge in [-0.15, -0.1) is 0 Å². The van der Waals surface area contributed by atoms with Crippen molar-refractivity contribution in [3.8, 4) is 5.75 Å². The smallest absolute Gasteiger partial charge is 0.281 e. The van der Waals surface area contributed by atoms with E-state index >= 15 is 0 Å². The SMILES string of the molecule is COc1cnc(C(F)F)c(Br)c1F. The van der Waals surface area contributed by atoms with Crippen LogP contribution in [0, 0.1) is 5.82 Å². The Morgan fingerprint density at radius 3 is 2.62 bits per heavy atom. The summed E-state index contributed by atoms with van der Waals surface area (Å²) in [7, 11) is 1.23. The van der Waals surface area contributed by atoms with Crippen molar-refractivity contribution < 1.29 is 17.9 Å². The van der Waals surface area contributed by atoms with Crippen molar-refractivity contribution in [1.29, 1.82) is 0 Å². The molecule has 72 valence electrons. The molecule has 0 amide bonds. The summed E-state index contributed by atoms with van der Waals surface area (Å²) in [6.07, 6.45) is -1.89. The molecule has 0 aliphatic carbocycles. The lowest BCUT2D eigenvalue weighted by Gasteiger charge is -2.06. The highest BCUT2D eigenvalue weighted by Crippen LogP contribution is 2.31. The van der Waals surface area contributed by atoms with Crippen molar-refractivity contribution in [2.75, 3.05) is 7.11 Å². The summed E-state index contributed by atoms with van der Waals surface area (Å²) in [6.45, 7) is 0. The van der Waals surface area contributed by atoms with Gasteiger partial charge in [-0.05, 0) is 15.9 Å². The highest BCUT2D eigenvalue weighted by atomic mass is 79.9. The van der Waals surface area contributed by atoms with Crippen LogP contribution in [0.25, 0.3) is 0 Å². The van der Waals surface area contributed by atoms with E-state index in [1.807, 2.05) is 0 Å². The van der Waals surface area contributed by atoms with E-state index in [-0.39, 0.29) is 10.2 Å². The van der Waals surface area contributed by atoms with Crippen LogP contribution in [0.4, 0.5) is 13.2 Å². The molecule has 6 heteroatoms. The van der Waals surface area contributed by atoms with Gasteiger partial charge in [-0.1, -0.05) is 0 Å².